The molecule has 0 bridgehead atoms. The number of hydrogen-bond acceptors (Lipinski definition) is 5. The van der Waals surface area contributed by atoms with Gasteiger partial charge >= 0.3 is 0 Å². The van der Waals surface area contributed by atoms with Crippen LogP contribution in [0.5, 0.6) is 0 Å². The van der Waals surface area contributed by atoms with Crippen molar-refractivity contribution < 1.29 is 41.3 Å². The number of ether oxygens (including phenoxy) is 2. The lowest BCUT2D eigenvalue weighted by Gasteiger charge is -2.39. The van der Waals surface area contributed by atoms with Gasteiger partial charge in [0.2, 0.25) is 5.82 Å². The van der Waals surface area contributed by atoms with Gasteiger partial charge in [0.1, 0.15) is 5.56 Å². The molecular formula is C30H29F5N2O4. The van der Waals surface area contributed by atoms with E-state index in [1.807, 2.05) is 24.3 Å². The quantitative estimate of drug-likeness (QED) is 0.200. The van der Waals surface area contributed by atoms with Crippen molar-refractivity contribution >= 4 is 11.6 Å². The number of anilines is 1. The predicted molar refractivity (Wildman–Crippen MR) is 139 cm³/mol. The highest BCUT2D eigenvalue weighted by Gasteiger charge is 2.34. The molecule has 0 unspecified atom stereocenters. The molecule has 0 aliphatic carbocycles. The van der Waals surface area contributed by atoms with Gasteiger partial charge in [0, 0.05) is 24.2 Å². The van der Waals surface area contributed by atoms with Crippen molar-refractivity contribution in [2.75, 3.05) is 25.0 Å². The van der Waals surface area contributed by atoms with E-state index in [1.165, 1.54) is 18.6 Å². The number of likely N-dealkylation sites (tertiary alicyclic amines) is 1. The molecule has 41 heavy (non-hydrogen) atoms. The van der Waals surface area contributed by atoms with E-state index in [0.717, 1.165) is 43.6 Å². The maximum Gasteiger partial charge on any atom is 0.261 e. The molecule has 3 aromatic rings. The summed E-state index contributed by atoms with van der Waals surface area (Å²) >= 11 is 0. The minimum absolute atomic E-state index is 0.0671. The third kappa shape index (κ3) is 6.43. The Balaban J connectivity index is 1.33. The van der Waals surface area contributed by atoms with Gasteiger partial charge < -0.3 is 24.8 Å². The molecule has 2 N–H and O–H groups in total. The predicted octanol–water partition coefficient (Wildman–Crippen LogP) is 6.16. The summed E-state index contributed by atoms with van der Waals surface area (Å²) in [7, 11) is 0. The van der Waals surface area contributed by atoms with Crippen LogP contribution in [-0.2, 0) is 16.1 Å². The van der Waals surface area contributed by atoms with Crippen LogP contribution < -0.4 is 5.32 Å². The van der Waals surface area contributed by atoms with Crippen molar-refractivity contribution in [2.24, 2.45) is 0 Å². The van der Waals surface area contributed by atoms with Crippen LogP contribution in [0.4, 0.5) is 27.6 Å². The molecule has 1 amide bonds. The number of aliphatic hydroxyl groups is 1. The lowest BCUT2D eigenvalue weighted by Crippen LogP contribution is -2.41. The first-order chi connectivity index (χ1) is 19.7. The maximum absolute atomic E-state index is 14.1. The van der Waals surface area contributed by atoms with Gasteiger partial charge in [-0.3, -0.25) is 4.79 Å². The zero-order chi connectivity index (χ0) is 29.1. The van der Waals surface area contributed by atoms with Gasteiger partial charge in [-0.05, 0) is 49.2 Å². The third-order valence-electron chi connectivity index (χ3n) is 7.40. The van der Waals surface area contributed by atoms with Gasteiger partial charge in [-0.25, -0.2) is 22.0 Å². The van der Waals surface area contributed by atoms with Crippen LogP contribution >= 0.6 is 0 Å². The second kappa shape index (κ2) is 12.6. The number of rotatable bonds is 7. The molecule has 2 fully saturated rings. The Kier molecular flexibility index (Phi) is 8.98. The van der Waals surface area contributed by atoms with Crippen molar-refractivity contribution in [1.82, 2.24) is 4.90 Å². The summed E-state index contributed by atoms with van der Waals surface area (Å²) in [6.07, 6.45) is 2.92. The van der Waals surface area contributed by atoms with Gasteiger partial charge in [-0.15, -0.1) is 0 Å². The Bertz CT molecular complexity index is 1350. The summed E-state index contributed by atoms with van der Waals surface area (Å²) in [5.41, 5.74) is 0.829. The normalized spacial score (nSPS) is 21.6. The van der Waals surface area contributed by atoms with Crippen LogP contribution in [0.25, 0.3) is 0 Å². The highest BCUT2D eigenvalue weighted by Crippen LogP contribution is 2.38. The molecule has 6 nitrogen and oxygen atoms in total. The second-order valence-electron chi connectivity index (χ2n) is 10.2. The Morgan fingerprint density at radius 1 is 0.805 bits per heavy atom. The van der Waals surface area contributed by atoms with E-state index in [4.69, 9.17) is 9.47 Å². The van der Waals surface area contributed by atoms with E-state index in [0.29, 0.717) is 12.0 Å². The zero-order valence-corrected chi connectivity index (χ0v) is 22.0. The van der Waals surface area contributed by atoms with Crippen molar-refractivity contribution in [3.8, 4) is 0 Å². The number of nitrogens with one attached hydrogen (secondary N) is 1. The van der Waals surface area contributed by atoms with E-state index in [-0.39, 0.29) is 24.5 Å². The summed E-state index contributed by atoms with van der Waals surface area (Å²) < 4.78 is 81.2. The van der Waals surface area contributed by atoms with Gasteiger partial charge in [0.15, 0.2) is 29.6 Å². The van der Waals surface area contributed by atoms with Crippen molar-refractivity contribution in [3.63, 3.8) is 0 Å². The molecule has 3 atom stereocenters. The van der Waals surface area contributed by atoms with E-state index in [9.17, 15) is 31.9 Å². The van der Waals surface area contributed by atoms with Gasteiger partial charge in [-0.1, -0.05) is 42.8 Å². The lowest BCUT2D eigenvalue weighted by atomic mass is 9.99. The van der Waals surface area contributed by atoms with Crippen LogP contribution in [0.15, 0.2) is 48.5 Å². The van der Waals surface area contributed by atoms with E-state index in [1.54, 1.807) is 12.1 Å². The van der Waals surface area contributed by atoms with Crippen LogP contribution in [-0.4, -0.2) is 41.7 Å². The molecule has 0 radical (unpaired) electrons. The van der Waals surface area contributed by atoms with Crippen LogP contribution in [0.2, 0.25) is 0 Å². The highest BCUT2D eigenvalue weighted by molar-refractivity contribution is 6.04. The molecule has 0 spiro atoms. The molecule has 0 aromatic heterocycles. The topological polar surface area (TPSA) is 71.0 Å². The largest absolute Gasteiger partial charge is 0.392 e. The summed E-state index contributed by atoms with van der Waals surface area (Å²) in [6, 6.07) is 13.5. The molecule has 2 saturated heterocycles. The number of carbonyl (C=O) groups is 1. The van der Waals surface area contributed by atoms with E-state index >= 15 is 0 Å². The molecule has 5 rings (SSSR count). The third-order valence-corrected chi connectivity index (χ3v) is 7.40. The first kappa shape index (κ1) is 29.1. The molecule has 218 valence electrons. The van der Waals surface area contributed by atoms with Crippen LogP contribution in [0.1, 0.15) is 65.1 Å². The summed E-state index contributed by atoms with van der Waals surface area (Å²) in [6.45, 7) is 2.67. The average molecular weight is 577 g/mol. The number of hydrogen-bond donors (Lipinski definition) is 2. The maximum atomic E-state index is 14.1. The number of benzene rings is 3. The van der Waals surface area contributed by atoms with Gasteiger partial charge in [-0.2, -0.15) is 0 Å². The fourth-order valence-corrected chi connectivity index (χ4v) is 5.18. The molecular weight excluding hydrogens is 547 g/mol. The number of nitrogens with zero attached hydrogens (tertiary/aromatic N) is 1. The summed E-state index contributed by atoms with van der Waals surface area (Å²) in [5, 5.41) is 11.6. The first-order valence-electron chi connectivity index (χ1n) is 13.4. The number of carbonyl (C=O) groups excluding carboxylic acids is 1. The second-order valence-corrected chi connectivity index (χ2v) is 10.2. The monoisotopic (exact) mass is 576 g/mol. The fraction of sp³-hybridized carbons (Fsp3) is 0.367. The Morgan fingerprint density at radius 3 is 2.00 bits per heavy atom. The Labute approximate surface area is 233 Å². The fourth-order valence-electron chi connectivity index (χ4n) is 5.18. The SMILES string of the molecule is O=C(Nc1ccc([C@@H]2O[C@H](CN3CCCCC3)C[C@H](c3ccc(CO)cc3)O2)cc1)c1c(F)c(F)c(F)c(F)c1F. The van der Waals surface area contributed by atoms with Crippen molar-refractivity contribution in [2.45, 2.75) is 50.8 Å². The minimum Gasteiger partial charge on any atom is -0.392 e. The van der Waals surface area contributed by atoms with Crippen LogP contribution in [0.3, 0.4) is 0 Å². The smallest absolute Gasteiger partial charge is 0.261 e. The molecule has 2 aliphatic heterocycles. The minimum atomic E-state index is -2.34. The molecule has 0 saturated carbocycles. The standard InChI is InChI=1S/C30H29F5N2O4/c31-24-23(25(32)27(34)28(35)26(24)33)29(39)36-20-10-8-19(9-11-20)30-40-21(15-37-12-2-1-3-13-37)14-22(41-30)18-6-4-17(16-38)5-7-18/h4-11,21-22,30,38H,1-3,12-16H2,(H,36,39)/t21-,22+,30+/m0/s1. The molecule has 2 aliphatic rings. The average Bonchev–Trinajstić information content (AvgIpc) is 3.00. The Morgan fingerprint density at radius 2 is 1.39 bits per heavy atom. The summed E-state index contributed by atoms with van der Waals surface area (Å²) in [4.78, 5) is 14.8. The number of halogens is 5. The zero-order valence-electron chi connectivity index (χ0n) is 22.0. The number of aliphatic hydroxyl groups excluding tert-OH is 1. The van der Waals surface area contributed by atoms with Crippen molar-refractivity contribution in [3.05, 3.63) is 99.9 Å². The lowest BCUT2D eigenvalue weighted by molar-refractivity contribution is -0.253. The first-order valence-corrected chi connectivity index (χ1v) is 13.4. The van der Waals surface area contributed by atoms with Crippen LogP contribution in [0, 0.1) is 29.1 Å². The molecule has 11 heteroatoms. The van der Waals surface area contributed by atoms with Gasteiger partial charge in [0.05, 0.1) is 18.8 Å². The summed E-state index contributed by atoms with van der Waals surface area (Å²) in [5.74, 6) is -12.6. The van der Waals surface area contributed by atoms with Crippen molar-refractivity contribution in [1.29, 1.82) is 0 Å². The number of amides is 1. The Hall–Kier alpha value is -3.38. The molecule has 2 heterocycles. The van der Waals surface area contributed by atoms with Gasteiger partial charge in [0.25, 0.3) is 5.91 Å². The van der Waals surface area contributed by atoms with E-state index < -0.39 is 46.8 Å². The highest BCUT2D eigenvalue weighted by atomic mass is 19.2. The van der Waals surface area contributed by atoms with E-state index in [2.05, 4.69) is 10.2 Å². The number of piperidine rings is 1. The molecule has 3 aromatic carbocycles.